The summed E-state index contributed by atoms with van der Waals surface area (Å²) in [5, 5.41) is 0. The topological polar surface area (TPSA) is 31.4 Å². The van der Waals surface area contributed by atoms with Gasteiger partial charge in [-0.25, -0.2) is 8.78 Å². The third-order valence-corrected chi connectivity index (χ3v) is 3.70. The van der Waals surface area contributed by atoms with E-state index in [1.54, 1.807) is 18.3 Å². The highest BCUT2D eigenvalue weighted by molar-refractivity contribution is 5.59. The third-order valence-electron chi connectivity index (χ3n) is 3.70. The van der Waals surface area contributed by atoms with Crippen molar-refractivity contribution in [1.29, 1.82) is 0 Å². The fraction of sp³-hybridized carbons (Fsp3) is 0.250. The molecule has 0 bridgehead atoms. The fourth-order valence-electron chi connectivity index (χ4n) is 2.42. The number of pyridine rings is 1. The second-order valence-electron chi connectivity index (χ2n) is 5.61. The summed E-state index contributed by atoms with van der Waals surface area (Å²) in [5.41, 5.74) is 1.74. The van der Waals surface area contributed by atoms with Crippen LogP contribution in [0, 0.1) is 29.4 Å². The molecule has 0 aliphatic carbocycles. The lowest BCUT2D eigenvalue weighted by Crippen LogP contribution is -2.30. The van der Waals surface area contributed by atoms with Crippen molar-refractivity contribution in [3.05, 3.63) is 65.9 Å². The zero-order chi connectivity index (χ0) is 17.6. The van der Waals surface area contributed by atoms with Gasteiger partial charge < -0.3 is 9.47 Å². The molecule has 1 saturated heterocycles. The molecule has 1 aromatic carbocycles. The Labute approximate surface area is 145 Å². The molecule has 1 aliphatic rings. The summed E-state index contributed by atoms with van der Waals surface area (Å²) in [6, 6.07) is 7.16. The largest absolute Gasteiger partial charge is 0.341 e. The van der Waals surface area contributed by atoms with Crippen LogP contribution in [0.25, 0.3) is 11.3 Å². The highest BCUT2D eigenvalue weighted by Crippen LogP contribution is 2.19. The molecule has 2 aromatic rings. The number of hydrogen-bond donors (Lipinski definition) is 0. The van der Waals surface area contributed by atoms with Crippen molar-refractivity contribution in [3.63, 3.8) is 0 Å². The molecule has 3 nitrogen and oxygen atoms in total. The standard InChI is InChI=1S/C20H17F2NO2/c1-2-3-15-12-24-20(25-13-15)9-5-14-4-8-19(23-11-14)16-6-7-17(21)18(22)10-16/h2-4,6-8,10-11,15,20H,12-13H2,1H3/b3-2+/t15-,20-. The minimum atomic E-state index is -0.897. The Hall–Kier alpha value is -2.55. The van der Waals surface area contributed by atoms with Gasteiger partial charge in [0.05, 0.1) is 18.9 Å². The van der Waals surface area contributed by atoms with Crippen molar-refractivity contribution in [2.45, 2.75) is 13.2 Å². The summed E-state index contributed by atoms with van der Waals surface area (Å²) in [7, 11) is 0. The number of ether oxygens (including phenoxy) is 2. The number of aromatic nitrogens is 1. The monoisotopic (exact) mass is 341 g/mol. The van der Waals surface area contributed by atoms with E-state index < -0.39 is 17.9 Å². The van der Waals surface area contributed by atoms with Gasteiger partial charge in [0.25, 0.3) is 0 Å². The van der Waals surface area contributed by atoms with Gasteiger partial charge in [0, 0.05) is 23.2 Å². The molecule has 1 fully saturated rings. The first-order valence-electron chi connectivity index (χ1n) is 7.95. The average Bonchev–Trinajstić information content (AvgIpc) is 2.64. The van der Waals surface area contributed by atoms with Crippen LogP contribution in [0.1, 0.15) is 12.5 Å². The van der Waals surface area contributed by atoms with Gasteiger partial charge in [-0.2, -0.15) is 0 Å². The summed E-state index contributed by atoms with van der Waals surface area (Å²) in [5.74, 6) is 4.34. The van der Waals surface area contributed by atoms with Gasteiger partial charge in [-0.05, 0) is 43.2 Å². The van der Waals surface area contributed by atoms with Crippen LogP contribution >= 0.6 is 0 Å². The quantitative estimate of drug-likeness (QED) is 0.612. The van der Waals surface area contributed by atoms with Crippen LogP contribution in [0.4, 0.5) is 8.78 Å². The van der Waals surface area contributed by atoms with Crippen LogP contribution < -0.4 is 0 Å². The van der Waals surface area contributed by atoms with E-state index in [9.17, 15) is 8.78 Å². The van der Waals surface area contributed by atoms with Gasteiger partial charge in [0.2, 0.25) is 6.29 Å². The molecule has 0 amide bonds. The molecular formula is C20H17F2NO2. The average molecular weight is 341 g/mol. The van der Waals surface area contributed by atoms with Crippen LogP contribution in [0.3, 0.4) is 0 Å². The first-order valence-corrected chi connectivity index (χ1v) is 7.95. The molecule has 0 radical (unpaired) electrons. The Morgan fingerprint density at radius 1 is 1.12 bits per heavy atom. The van der Waals surface area contributed by atoms with Crippen molar-refractivity contribution < 1.29 is 18.3 Å². The Kier molecular flexibility index (Phi) is 5.54. The molecule has 0 N–H and O–H groups in total. The van der Waals surface area contributed by atoms with Gasteiger partial charge in [0.1, 0.15) is 0 Å². The number of halogens is 2. The highest BCUT2D eigenvalue weighted by atomic mass is 19.2. The second-order valence-corrected chi connectivity index (χ2v) is 5.61. The van der Waals surface area contributed by atoms with Crippen molar-refractivity contribution in [3.8, 4) is 23.1 Å². The van der Waals surface area contributed by atoms with Crippen LogP contribution in [-0.2, 0) is 9.47 Å². The molecule has 5 heteroatoms. The summed E-state index contributed by atoms with van der Waals surface area (Å²) in [6.07, 6.45) is 5.05. The SMILES string of the molecule is C/C=C/[C@H]1CO[C@H](C#Cc2ccc(-c3ccc(F)c(F)c3)nc2)OC1. The predicted octanol–water partition coefficient (Wildman–Crippen LogP) is 3.94. The second kappa shape index (κ2) is 8.02. The lowest BCUT2D eigenvalue weighted by atomic mass is 10.1. The van der Waals surface area contributed by atoms with Crippen molar-refractivity contribution in [2.75, 3.05) is 13.2 Å². The van der Waals surface area contributed by atoms with E-state index in [2.05, 4.69) is 16.8 Å². The zero-order valence-electron chi connectivity index (χ0n) is 13.7. The molecule has 128 valence electrons. The number of allylic oxidation sites excluding steroid dienone is 1. The summed E-state index contributed by atoms with van der Waals surface area (Å²) in [4.78, 5) is 4.24. The van der Waals surface area contributed by atoms with Crippen LogP contribution in [0.2, 0.25) is 0 Å². The smallest absolute Gasteiger partial charge is 0.222 e. The van der Waals surface area contributed by atoms with Gasteiger partial charge in [-0.3, -0.25) is 4.98 Å². The van der Waals surface area contributed by atoms with E-state index in [0.29, 0.717) is 30.0 Å². The normalized spacial score (nSPS) is 20.3. The van der Waals surface area contributed by atoms with Crippen LogP contribution in [-0.4, -0.2) is 24.5 Å². The first kappa shape index (κ1) is 17.3. The summed E-state index contributed by atoms with van der Waals surface area (Å²) in [6.45, 7) is 3.12. The molecule has 3 rings (SSSR count). The zero-order valence-corrected chi connectivity index (χ0v) is 13.7. The lowest BCUT2D eigenvalue weighted by Gasteiger charge is -2.24. The molecule has 1 aromatic heterocycles. The highest BCUT2D eigenvalue weighted by Gasteiger charge is 2.18. The Morgan fingerprint density at radius 3 is 2.56 bits per heavy atom. The Bertz CT molecular complexity index is 814. The number of rotatable bonds is 2. The van der Waals surface area contributed by atoms with E-state index in [0.717, 1.165) is 12.1 Å². The van der Waals surface area contributed by atoms with E-state index in [-0.39, 0.29) is 5.92 Å². The minimum absolute atomic E-state index is 0.264. The van der Waals surface area contributed by atoms with Crippen molar-refractivity contribution >= 4 is 0 Å². The van der Waals surface area contributed by atoms with Crippen LogP contribution in [0.15, 0.2) is 48.7 Å². The lowest BCUT2D eigenvalue weighted by molar-refractivity contribution is -0.160. The van der Waals surface area contributed by atoms with E-state index in [1.807, 2.05) is 19.1 Å². The number of hydrogen-bond acceptors (Lipinski definition) is 3. The minimum Gasteiger partial charge on any atom is -0.341 e. The first-order chi connectivity index (χ1) is 12.2. The van der Waals surface area contributed by atoms with Gasteiger partial charge in [-0.1, -0.05) is 18.1 Å². The predicted molar refractivity (Wildman–Crippen MR) is 90.5 cm³/mol. The van der Waals surface area contributed by atoms with E-state index in [4.69, 9.17) is 9.47 Å². The molecule has 25 heavy (non-hydrogen) atoms. The van der Waals surface area contributed by atoms with E-state index in [1.165, 1.54) is 6.07 Å². The van der Waals surface area contributed by atoms with E-state index >= 15 is 0 Å². The van der Waals surface area contributed by atoms with Gasteiger partial charge in [0.15, 0.2) is 11.6 Å². The maximum atomic E-state index is 13.3. The maximum Gasteiger partial charge on any atom is 0.222 e. The third kappa shape index (κ3) is 4.50. The Balaban J connectivity index is 1.65. The Morgan fingerprint density at radius 2 is 1.92 bits per heavy atom. The van der Waals surface area contributed by atoms with Crippen LogP contribution in [0.5, 0.6) is 0 Å². The molecule has 2 heterocycles. The molecular weight excluding hydrogens is 324 g/mol. The molecule has 0 saturated carbocycles. The maximum absolute atomic E-state index is 13.3. The molecule has 0 unspecified atom stereocenters. The summed E-state index contributed by atoms with van der Waals surface area (Å²) >= 11 is 0. The summed E-state index contributed by atoms with van der Waals surface area (Å²) < 4.78 is 37.3. The molecule has 1 aliphatic heterocycles. The van der Waals surface area contributed by atoms with Crippen molar-refractivity contribution in [1.82, 2.24) is 4.98 Å². The fourth-order valence-corrected chi connectivity index (χ4v) is 2.42. The molecule has 0 spiro atoms. The van der Waals surface area contributed by atoms with Gasteiger partial charge >= 0.3 is 0 Å². The van der Waals surface area contributed by atoms with Crippen molar-refractivity contribution in [2.24, 2.45) is 5.92 Å². The molecule has 0 atom stereocenters. The van der Waals surface area contributed by atoms with Gasteiger partial charge in [-0.15, -0.1) is 0 Å². The number of nitrogens with zero attached hydrogens (tertiary/aromatic N) is 1. The number of benzene rings is 1.